The van der Waals surface area contributed by atoms with Crippen molar-refractivity contribution in [3.8, 4) is 0 Å². The molecule has 1 fully saturated rings. The molecule has 0 heterocycles. The molecule has 1 unspecified atom stereocenters. The summed E-state index contributed by atoms with van der Waals surface area (Å²) in [7, 11) is 0. The first kappa shape index (κ1) is 13.1. The second-order valence-corrected chi connectivity index (χ2v) is 5.11. The lowest BCUT2D eigenvalue weighted by atomic mass is 10.1. The number of halogens is 1. The minimum absolute atomic E-state index is 0.0598. The summed E-state index contributed by atoms with van der Waals surface area (Å²) in [6, 6.07) is 3.33. The summed E-state index contributed by atoms with van der Waals surface area (Å²) in [6.45, 7) is 2.38. The van der Waals surface area contributed by atoms with Crippen molar-refractivity contribution in [3.63, 3.8) is 0 Å². The largest absolute Gasteiger partial charge is 0.380 e. The van der Waals surface area contributed by atoms with Crippen molar-refractivity contribution >= 4 is 23.0 Å². The monoisotopic (exact) mass is 269 g/mol. The quantitative estimate of drug-likeness (QED) is 0.636. The van der Waals surface area contributed by atoms with Crippen LogP contribution in [0.4, 0.5) is 11.4 Å². The number of aryl methyl sites for hydroxylation is 1. The van der Waals surface area contributed by atoms with E-state index in [1.54, 1.807) is 6.07 Å². The van der Waals surface area contributed by atoms with Gasteiger partial charge in [-0.15, -0.1) is 0 Å². The Balaban J connectivity index is 2.22. The van der Waals surface area contributed by atoms with Gasteiger partial charge in [0, 0.05) is 24.3 Å². The van der Waals surface area contributed by atoms with E-state index >= 15 is 0 Å². The lowest BCUT2D eigenvalue weighted by Crippen LogP contribution is -2.31. The zero-order valence-electron chi connectivity index (χ0n) is 10.1. The lowest BCUT2D eigenvalue weighted by molar-refractivity contribution is -0.384. The molecule has 5 nitrogen and oxygen atoms in total. The minimum Gasteiger partial charge on any atom is -0.380 e. The topological polar surface area (TPSA) is 81.2 Å². The predicted molar refractivity (Wildman–Crippen MR) is 72.0 cm³/mol. The summed E-state index contributed by atoms with van der Waals surface area (Å²) in [5, 5.41) is 14.2. The normalized spacial score (nSPS) is 16.4. The van der Waals surface area contributed by atoms with Gasteiger partial charge < -0.3 is 11.1 Å². The Bertz CT molecular complexity index is 475. The molecule has 18 heavy (non-hydrogen) atoms. The van der Waals surface area contributed by atoms with E-state index < -0.39 is 4.92 Å². The molecule has 0 aliphatic heterocycles. The van der Waals surface area contributed by atoms with Crippen molar-refractivity contribution in [2.75, 3.05) is 11.9 Å². The zero-order chi connectivity index (χ0) is 13.3. The SMILES string of the molecule is Cc1cc([N+](=O)[O-])c(Cl)cc1NC(CN)C1CC1. The molecule has 0 radical (unpaired) electrons. The molecule has 1 aliphatic rings. The third kappa shape index (κ3) is 2.73. The fourth-order valence-electron chi connectivity index (χ4n) is 2.03. The smallest absolute Gasteiger partial charge is 0.288 e. The zero-order valence-corrected chi connectivity index (χ0v) is 10.9. The highest BCUT2D eigenvalue weighted by Crippen LogP contribution is 2.36. The number of nitro groups is 1. The van der Waals surface area contributed by atoms with E-state index in [9.17, 15) is 10.1 Å². The second kappa shape index (κ2) is 5.12. The molecule has 1 aliphatic carbocycles. The molecule has 3 N–H and O–H groups in total. The van der Waals surface area contributed by atoms with Crippen molar-refractivity contribution in [2.24, 2.45) is 11.7 Å². The lowest BCUT2D eigenvalue weighted by Gasteiger charge is -2.19. The number of nitrogens with one attached hydrogen (secondary N) is 1. The van der Waals surface area contributed by atoms with Gasteiger partial charge in [-0.2, -0.15) is 0 Å². The number of hydrogen-bond donors (Lipinski definition) is 2. The van der Waals surface area contributed by atoms with E-state index in [-0.39, 0.29) is 16.8 Å². The van der Waals surface area contributed by atoms with Gasteiger partial charge in [0.1, 0.15) is 5.02 Å². The number of nitro benzene ring substituents is 1. The number of anilines is 1. The highest BCUT2D eigenvalue weighted by Gasteiger charge is 2.30. The number of hydrogen-bond acceptors (Lipinski definition) is 4. The fourth-order valence-corrected chi connectivity index (χ4v) is 2.26. The molecule has 2 rings (SSSR count). The summed E-state index contributed by atoms with van der Waals surface area (Å²) in [4.78, 5) is 10.3. The molecule has 6 heteroatoms. The molecule has 1 saturated carbocycles. The van der Waals surface area contributed by atoms with Crippen LogP contribution in [-0.4, -0.2) is 17.5 Å². The van der Waals surface area contributed by atoms with E-state index in [1.807, 2.05) is 6.92 Å². The molecule has 1 aromatic carbocycles. The number of nitrogens with zero attached hydrogens (tertiary/aromatic N) is 1. The fraction of sp³-hybridized carbons (Fsp3) is 0.500. The first-order chi connectivity index (χ1) is 8.52. The Hall–Kier alpha value is -1.33. The van der Waals surface area contributed by atoms with Crippen molar-refractivity contribution in [1.29, 1.82) is 0 Å². The van der Waals surface area contributed by atoms with Crippen LogP contribution in [0, 0.1) is 23.0 Å². The third-order valence-corrected chi connectivity index (χ3v) is 3.58. The van der Waals surface area contributed by atoms with Gasteiger partial charge in [0.15, 0.2) is 0 Å². The van der Waals surface area contributed by atoms with Gasteiger partial charge in [-0.1, -0.05) is 11.6 Å². The number of nitrogens with two attached hydrogens (primary N) is 1. The van der Waals surface area contributed by atoms with Crippen LogP contribution in [0.2, 0.25) is 5.02 Å². The van der Waals surface area contributed by atoms with Crippen LogP contribution in [0.5, 0.6) is 0 Å². The molecule has 1 aromatic rings. The van der Waals surface area contributed by atoms with Gasteiger partial charge in [-0.05, 0) is 37.3 Å². The highest BCUT2D eigenvalue weighted by molar-refractivity contribution is 6.33. The van der Waals surface area contributed by atoms with Gasteiger partial charge >= 0.3 is 0 Å². The second-order valence-electron chi connectivity index (χ2n) is 4.70. The Kier molecular flexibility index (Phi) is 3.73. The van der Waals surface area contributed by atoms with E-state index in [4.69, 9.17) is 17.3 Å². The molecule has 0 spiro atoms. The molecule has 98 valence electrons. The van der Waals surface area contributed by atoms with E-state index in [0.717, 1.165) is 11.3 Å². The summed E-state index contributed by atoms with van der Waals surface area (Å²) in [6.07, 6.45) is 2.38. The van der Waals surface area contributed by atoms with Crippen LogP contribution in [-0.2, 0) is 0 Å². The molecular weight excluding hydrogens is 254 g/mol. The van der Waals surface area contributed by atoms with Crippen molar-refractivity contribution < 1.29 is 4.92 Å². The Morgan fingerprint density at radius 3 is 2.78 bits per heavy atom. The molecule has 0 amide bonds. The average Bonchev–Trinajstić information content (AvgIpc) is 3.13. The summed E-state index contributed by atoms with van der Waals surface area (Å²) >= 11 is 5.91. The molecule has 0 saturated heterocycles. The summed E-state index contributed by atoms with van der Waals surface area (Å²) < 4.78 is 0. The van der Waals surface area contributed by atoms with Gasteiger partial charge in [-0.3, -0.25) is 10.1 Å². The Morgan fingerprint density at radius 1 is 1.61 bits per heavy atom. The van der Waals surface area contributed by atoms with Crippen LogP contribution < -0.4 is 11.1 Å². The Morgan fingerprint density at radius 2 is 2.28 bits per heavy atom. The van der Waals surface area contributed by atoms with Crippen LogP contribution in [0.15, 0.2) is 12.1 Å². The van der Waals surface area contributed by atoms with E-state index in [2.05, 4.69) is 5.32 Å². The first-order valence-corrected chi connectivity index (χ1v) is 6.32. The van der Waals surface area contributed by atoms with Gasteiger partial charge in [0.2, 0.25) is 0 Å². The highest BCUT2D eigenvalue weighted by atomic mass is 35.5. The maximum atomic E-state index is 10.8. The van der Waals surface area contributed by atoms with Crippen molar-refractivity contribution in [3.05, 3.63) is 32.8 Å². The van der Waals surface area contributed by atoms with E-state index in [0.29, 0.717) is 12.5 Å². The minimum atomic E-state index is -0.472. The summed E-state index contributed by atoms with van der Waals surface area (Å²) in [5.41, 5.74) is 7.30. The van der Waals surface area contributed by atoms with Gasteiger partial charge in [0.25, 0.3) is 5.69 Å². The van der Waals surface area contributed by atoms with Crippen LogP contribution >= 0.6 is 11.6 Å². The van der Waals surface area contributed by atoms with Gasteiger partial charge in [-0.25, -0.2) is 0 Å². The predicted octanol–water partition coefficient (Wildman–Crippen LogP) is 2.71. The van der Waals surface area contributed by atoms with Crippen molar-refractivity contribution in [2.45, 2.75) is 25.8 Å². The van der Waals surface area contributed by atoms with Crippen LogP contribution in [0.3, 0.4) is 0 Å². The Labute approximate surface area is 110 Å². The van der Waals surface area contributed by atoms with Crippen LogP contribution in [0.25, 0.3) is 0 Å². The van der Waals surface area contributed by atoms with E-state index in [1.165, 1.54) is 18.9 Å². The molecular formula is C12H16ClN3O2. The number of benzene rings is 1. The number of rotatable bonds is 5. The first-order valence-electron chi connectivity index (χ1n) is 5.94. The maximum absolute atomic E-state index is 10.8. The third-order valence-electron chi connectivity index (χ3n) is 3.28. The standard InChI is InChI=1S/C12H16ClN3O2/c1-7-4-12(16(17)18)9(13)5-10(7)15-11(6-14)8-2-3-8/h4-5,8,11,15H,2-3,6,14H2,1H3. The molecule has 0 aromatic heterocycles. The average molecular weight is 270 g/mol. The van der Waals surface area contributed by atoms with Crippen LogP contribution in [0.1, 0.15) is 18.4 Å². The van der Waals surface area contributed by atoms with Crippen molar-refractivity contribution in [1.82, 2.24) is 0 Å². The van der Waals surface area contributed by atoms with Gasteiger partial charge in [0.05, 0.1) is 4.92 Å². The molecule has 0 bridgehead atoms. The summed E-state index contributed by atoms with van der Waals surface area (Å²) in [5.74, 6) is 0.614. The maximum Gasteiger partial charge on any atom is 0.288 e. The molecule has 1 atom stereocenters.